The Hall–Kier alpha value is -0.0800. The highest BCUT2D eigenvalue weighted by atomic mass is 16.5. The van der Waals surface area contributed by atoms with Gasteiger partial charge in [0.25, 0.3) is 0 Å². The van der Waals surface area contributed by atoms with Crippen LogP contribution in [0.3, 0.4) is 0 Å². The average Bonchev–Trinajstić information content (AvgIpc) is 2.24. The largest absolute Gasteiger partial charge is 0.375 e. The smallest absolute Gasteiger partial charge is 0.0593 e. The predicted octanol–water partition coefficient (Wildman–Crippen LogP) is 3.79. The maximum Gasteiger partial charge on any atom is 0.0593 e. The van der Waals surface area contributed by atoms with Gasteiger partial charge in [0.2, 0.25) is 0 Å². The van der Waals surface area contributed by atoms with E-state index in [1.54, 1.807) is 0 Å². The molecule has 0 radical (unpaired) electrons. The van der Waals surface area contributed by atoms with Gasteiger partial charge in [-0.3, -0.25) is 0 Å². The van der Waals surface area contributed by atoms with Crippen molar-refractivity contribution < 1.29 is 4.74 Å². The molecule has 18 heavy (non-hydrogen) atoms. The van der Waals surface area contributed by atoms with Crippen molar-refractivity contribution in [3.8, 4) is 0 Å². The Morgan fingerprint density at radius 1 is 0.611 bits per heavy atom. The maximum absolute atomic E-state index is 6.46. The van der Waals surface area contributed by atoms with Crippen LogP contribution in [0.25, 0.3) is 0 Å². The van der Waals surface area contributed by atoms with Crippen LogP contribution in [-0.2, 0) is 4.74 Å². The van der Waals surface area contributed by atoms with Crippen LogP contribution in [0.15, 0.2) is 0 Å². The van der Waals surface area contributed by atoms with Crippen molar-refractivity contribution in [2.45, 2.75) is 101 Å². The molecule has 1 aliphatic heterocycles. The molecule has 3 aliphatic rings. The lowest BCUT2D eigenvalue weighted by Crippen LogP contribution is -2.47. The molecule has 0 aromatic heterocycles. The summed E-state index contributed by atoms with van der Waals surface area (Å²) in [5.41, 5.74) is 0. The van der Waals surface area contributed by atoms with Crippen molar-refractivity contribution in [3.63, 3.8) is 0 Å². The highest BCUT2D eigenvalue weighted by Gasteiger charge is 2.29. The van der Waals surface area contributed by atoms with Crippen molar-refractivity contribution in [1.82, 2.24) is 5.32 Å². The van der Waals surface area contributed by atoms with Crippen LogP contribution >= 0.6 is 0 Å². The molecule has 104 valence electrons. The number of ether oxygens (including phenoxy) is 1. The third-order valence-electron chi connectivity index (χ3n) is 5.11. The van der Waals surface area contributed by atoms with Crippen LogP contribution in [0.4, 0.5) is 0 Å². The van der Waals surface area contributed by atoms with E-state index in [9.17, 15) is 0 Å². The zero-order valence-corrected chi connectivity index (χ0v) is 11.7. The highest BCUT2D eigenvalue weighted by molar-refractivity contribution is 4.85. The molecule has 3 rings (SSSR count). The summed E-state index contributed by atoms with van der Waals surface area (Å²) in [6.07, 6.45) is 17.4. The van der Waals surface area contributed by atoms with Gasteiger partial charge < -0.3 is 10.1 Å². The number of hydrogen-bond donors (Lipinski definition) is 1. The standard InChI is InChI=1S/C16H29NO/c1-3-7-13-11-15(9-5-1)18-16-10-6-2-4-8-14(12-16)17-13/h13-17H,1-12H2. The van der Waals surface area contributed by atoms with E-state index in [1.807, 2.05) is 0 Å². The number of fused-ring (bicyclic) bond motifs is 4. The Morgan fingerprint density at radius 2 is 1.11 bits per heavy atom. The van der Waals surface area contributed by atoms with Gasteiger partial charge in [0.15, 0.2) is 0 Å². The summed E-state index contributed by atoms with van der Waals surface area (Å²) in [6.45, 7) is 0. The van der Waals surface area contributed by atoms with Crippen molar-refractivity contribution in [3.05, 3.63) is 0 Å². The Labute approximate surface area is 112 Å². The van der Waals surface area contributed by atoms with Crippen molar-refractivity contribution in [2.75, 3.05) is 0 Å². The van der Waals surface area contributed by atoms with Crippen molar-refractivity contribution >= 4 is 0 Å². The fraction of sp³-hybridized carbons (Fsp3) is 1.00. The summed E-state index contributed by atoms with van der Waals surface area (Å²) in [4.78, 5) is 0. The van der Waals surface area contributed by atoms with Crippen LogP contribution in [0.2, 0.25) is 0 Å². The summed E-state index contributed by atoms with van der Waals surface area (Å²) in [5, 5.41) is 3.97. The maximum atomic E-state index is 6.46. The topological polar surface area (TPSA) is 21.3 Å². The monoisotopic (exact) mass is 251 g/mol. The van der Waals surface area contributed by atoms with Gasteiger partial charge in [0, 0.05) is 12.1 Å². The Balaban J connectivity index is 1.69. The number of rotatable bonds is 0. The molecule has 0 aromatic carbocycles. The van der Waals surface area contributed by atoms with E-state index in [-0.39, 0.29) is 0 Å². The summed E-state index contributed by atoms with van der Waals surface area (Å²) >= 11 is 0. The minimum atomic E-state index is 0.549. The molecule has 4 atom stereocenters. The molecule has 0 amide bonds. The molecule has 2 nitrogen and oxygen atoms in total. The summed E-state index contributed by atoms with van der Waals surface area (Å²) in [7, 11) is 0. The Morgan fingerprint density at radius 3 is 1.67 bits per heavy atom. The Kier molecular flexibility index (Phi) is 4.58. The first-order chi connectivity index (χ1) is 8.90. The van der Waals surface area contributed by atoms with Gasteiger partial charge in [-0.25, -0.2) is 0 Å². The second kappa shape index (κ2) is 6.38. The molecular formula is C16H29NO. The molecule has 0 spiro atoms. The van der Waals surface area contributed by atoms with Crippen LogP contribution in [0.1, 0.15) is 77.0 Å². The van der Waals surface area contributed by atoms with E-state index in [4.69, 9.17) is 4.74 Å². The third-order valence-corrected chi connectivity index (χ3v) is 5.11. The first-order valence-corrected chi connectivity index (χ1v) is 8.31. The van der Waals surface area contributed by atoms with Crippen LogP contribution in [0.5, 0.6) is 0 Å². The molecule has 4 unspecified atom stereocenters. The molecule has 2 heteroatoms. The second-order valence-electron chi connectivity index (χ2n) is 6.69. The minimum Gasteiger partial charge on any atom is -0.375 e. The quantitative estimate of drug-likeness (QED) is 0.707. The van der Waals surface area contributed by atoms with Crippen LogP contribution in [-0.4, -0.2) is 24.3 Å². The lowest BCUT2D eigenvalue weighted by Gasteiger charge is -2.38. The molecule has 2 aliphatic carbocycles. The van der Waals surface area contributed by atoms with Gasteiger partial charge in [0.1, 0.15) is 0 Å². The van der Waals surface area contributed by atoms with Gasteiger partial charge in [0.05, 0.1) is 12.2 Å². The number of hydrogen-bond acceptors (Lipinski definition) is 2. The zero-order valence-electron chi connectivity index (χ0n) is 11.7. The molecular weight excluding hydrogens is 222 g/mol. The zero-order chi connectivity index (χ0) is 12.2. The Bertz CT molecular complexity index is 209. The fourth-order valence-electron chi connectivity index (χ4n) is 4.14. The lowest BCUT2D eigenvalue weighted by molar-refractivity contribution is -0.0557. The van der Waals surface area contributed by atoms with E-state index in [1.165, 1.54) is 77.0 Å². The highest BCUT2D eigenvalue weighted by Crippen LogP contribution is 2.29. The first-order valence-electron chi connectivity index (χ1n) is 8.31. The third kappa shape index (κ3) is 3.48. The summed E-state index contributed by atoms with van der Waals surface area (Å²) < 4.78 is 6.46. The minimum absolute atomic E-state index is 0.549. The molecule has 1 saturated heterocycles. The molecule has 1 heterocycles. The van der Waals surface area contributed by atoms with Gasteiger partial charge in [-0.15, -0.1) is 0 Å². The fourth-order valence-corrected chi connectivity index (χ4v) is 4.14. The molecule has 1 N–H and O–H groups in total. The average molecular weight is 251 g/mol. The van der Waals surface area contributed by atoms with Gasteiger partial charge in [-0.05, 0) is 38.5 Å². The summed E-state index contributed by atoms with van der Waals surface area (Å²) in [6, 6.07) is 1.47. The predicted molar refractivity (Wildman–Crippen MR) is 74.8 cm³/mol. The molecule has 3 fully saturated rings. The van der Waals surface area contributed by atoms with Crippen LogP contribution < -0.4 is 5.32 Å². The van der Waals surface area contributed by atoms with E-state index < -0.39 is 0 Å². The van der Waals surface area contributed by atoms with Gasteiger partial charge in [-0.2, -0.15) is 0 Å². The van der Waals surface area contributed by atoms with E-state index >= 15 is 0 Å². The first kappa shape index (κ1) is 12.9. The molecule has 0 aromatic rings. The van der Waals surface area contributed by atoms with Crippen molar-refractivity contribution in [1.29, 1.82) is 0 Å². The molecule has 2 saturated carbocycles. The van der Waals surface area contributed by atoms with E-state index in [2.05, 4.69) is 5.32 Å². The van der Waals surface area contributed by atoms with Gasteiger partial charge >= 0.3 is 0 Å². The number of nitrogens with one attached hydrogen (secondary N) is 1. The van der Waals surface area contributed by atoms with Gasteiger partial charge in [-0.1, -0.05) is 38.5 Å². The summed E-state index contributed by atoms with van der Waals surface area (Å²) in [5.74, 6) is 0. The van der Waals surface area contributed by atoms with E-state index in [0.29, 0.717) is 12.2 Å². The van der Waals surface area contributed by atoms with Crippen molar-refractivity contribution in [2.24, 2.45) is 0 Å². The SMILES string of the molecule is C1CCC2CC(CC1)OC1CCCCCC(C1)N2. The lowest BCUT2D eigenvalue weighted by atomic mass is 9.88. The van der Waals surface area contributed by atoms with E-state index in [0.717, 1.165) is 12.1 Å². The van der Waals surface area contributed by atoms with Crippen LogP contribution in [0, 0.1) is 0 Å². The normalized spacial score (nSPS) is 42.7. The molecule has 4 bridgehead atoms. The second-order valence-corrected chi connectivity index (χ2v) is 6.69.